The summed E-state index contributed by atoms with van der Waals surface area (Å²) in [6, 6.07) is 0.709. The molecular formula is C16H29N5. The molecule has 0 saturated heterocycles. The van der Waals surface area contributed by atoms with Crippen LogP contribution in [0.4, 0.5) is 0 Å². The molecule has 5 heteroatoms. The fourth-order valence-corrected chi connectivity index (χ4v) is 3.90. The van der Waals surface area contributed by atoms with E-state index in [2.05, 4.69) is 38.8 Å². The van der Waals surface area contributed by atoms with E-state index in [1.807, 2.05) is 6.33 Å². The highest BCUT2D eigenvalue weighted by atomic mass is 15.3. The van der Waals surface area contributed by atoms with Crippen molar-refractivity contribution in [3.63, 3.8) is 0 Å². The van der Waals surface area contributed by atoms with Gasteiger partial charge in [-0.1, -0.05) is 13.8 Å². The monoisotopic (exact) mass is 291 g/mol. The Hall–Kier alpha value is -0.940. The van der Waals surface area contributed by atoms with Gasteiger partial charge in [-0.2, -0.15) is 0 Å². The minimum Gasteiger partial charge on any atom is -0.315 e. The van der Waals surface area contributed by atoms with Crippen molar-refractivity contribution >= 4 is 0 Å². The van der Waals surface area contributed by atoms with Gasteiger partial charge in [0.1, 0.15) is 12.2 Å². The number of hydrogen-bond donors (Lipinski definition) is 1. The number of hydrogen-bond acceptors (Lipinski definition) is 4. The van der Waals surface area contributed by atoms with Crippen molar-refractivity contribution in [2.45, 2.75) is 58.7 Å². The molecule has 1 aliphatic carbocycles. The van der Waals surface area contributed by atoms with Crippen molar-refractivity contribution in [3.8, 4) is 0 Å². The number of nitrogens with one attached hydrogen (secondary N) is 1. The number of nitrogens with zero attached hydrogens (tertiary/aromatic N) is 4. The van der Waals surface area contributed by atoms with Crippen molar-refractivity contribution in [1.29, 1.82) is 0 Å². The summed E-state index contributed by atoms with van der Waals surface area (Å²) in [6.07, 6.45) is 7.18. The summed E-state index contributed by atoms with van der Waals surface area (Å²) in [5.41, 5.74) is 0. The van der Waals surface area contributed by atoms with Gasteiger partial charge >= 0.3 is 0 Å². The Labute approximate surface area is 128 Å². The highest BCUT2D eigenvalue weighted by molar-refractivity contribution is 4.92. The van der Waals surface area contributed by atoms with Gasteiger partial charge in [0.05, 0.1) is 6.54 Å². The van der Waals surface area contributed by atoms with Gasteiger partial charge in [0, 0.05) is 25.7 Å². The summed E-state index contributed by atoms with van der Waals surface area (Å²) in [7, 11) is 0. The average Bonchev–Trinajstić information content (AvgIpc) is 2.94. The molecule has 0 aromatic carbocycles. The second-order valence-corrected chi connectivity index (χ2v) is 6.91. The normalized spacial score (nSPS) is 30.3. The van der Waals surface area contributed by atoms with E-state index in [9.17, 15) is 0 Å². The van der Waals surface area contributed by atoms with Crippen LogP contribution in [0.1, 0.15) is 45.4 Å². The van der Waals surface area contributed by atoms with E-state index in [4.69, 9.17) is 0 Å². The van der Waals surface area contributed by atoms with Gasteiger partial charge in [-0.05, 0) is 44.1 Å². The predicted molar refractivity (Wildman–Crippen MR) is 83.9 cm³/mol. The summed E-state index contributed by atoms with van der Waals surface area (Å²) in [4.78, 5) is 2.58. The summed E-state index contributed by atoms with van der Waals surface area (Å²) >= 11 is 0. The summed E-state index contributed by atoms with van der Waals surface area (Å²) in [5, 5.41) is 12.1. The van der Waals surface area contributed by atoms with E-state index >= 15 is 0 Å². The molecule has 1 aromatic rings. The first-order valence-electron chi connectivity index (χ1n) is 8.58. The van der Waals surface area contributed by atoms with Crippen LogP contribution in [0.5, 0.6) is 0 Å². The highest BCUT2D eigenvalue weighted by Gasteiger charge is 2.30. The molecule has 21 heavy (non-hydrogen) atoms. The van der Waals surface area contributed by atoms with Gasteiger partial charge < -0.3 is 9.88 Å². The second kappa shape index (κ2) is 6.88. The van der Waals surface area contributed by atoms with Crippen molar-refractivity contribution in [2.24, 2.45) is 11.8 Å². The maximum absolute atomic E-state index is 4.24. The smallest absolute Gasteiger partial charge is 0.147 e. The van der Waals surface area contributed by atoms with Crippen molar-refractivity contribution in [2.75, 3.05) is 19.6 Å². The number of aromatic nitrogens is 3. The Kier molecular flexibility index (Phi) is 4.91. The lowest BCUT2D eigenvalue weighted by molar-refractivity contribution is 0.124. The first-order valence-corrected chi connectivity index (χ1v) is 8.58. The zero-order chi connectivity index (χ0) is 14.7. The lowest BCUT2D eigenvalue weighted by Gasteiger charge is -2.39. The van der Waals surface area contributed by atoms with Crippen molar-refractivity contribution < 1.29 is 0 Å². The third-order valence-corrected chi connectivity index (χ3v) is 5.11. The molecule has 3 atom stereocenters. The second-order valence-electron chi connectivity index (χ2n) is 6.91. The van der Waals surface area contributed by atoms with Crippen LogP contribution in [-0.2, 0) is 13.1 Å². The van der Waals surface area contributed by atoms with Crippen LogP contribution in [0, 0.1) is 11.8 Å². The first-order chi connectivity index (χ1) is 10.3. The van der Waals surface area contributed by atoms with E-state index in [-0.39, 0.29) is 0 Å². The summed E-state index contributed by atoms with van der Waals surface area (Å²) < 4.78 is 2.19. The van der Waals surface area contributed by atoms with E-state index in [0.29, 0.717) is 6.04 Å². The molecule has 0 radical (unpaired) electrons. The van der Waals surface area contributed by atoms with Gasteiger partial charge in [-0.15, -0.1) is 10.2 Å². The van der Waals surface area contributed by atoms with Crippen LogP contribution in [0.15, 0.2) is 6.33 Å². The SMILES string of the molecule is CCCNC1CCC(C)CC1CN1CCn2cnnc2C1. The van der Waals surface area contributed by atoms with Crippen LogP contribution in [0.2, 0.25) is 0 Å². The van der Waals surface area contributed by atoms with Gasteiger partial charge in [-0.25, -0.2) is 0 Å². The van der Waals surface area contributed by atoms with Crippen LogP contribution >= 0.6 is 0 Å². The largest absolute Gasteiger partial charge is 0.315 e. The molecule has 1 aliphatic heterocycles. The van der Waals surface area contributed by atoms with Crippen LogP contribution in [-0.4, -0.2) is 45.3 Å². The van der Waals surface area contributed by atoms with Crippen LogP contribution in [0.3, 0.4) is 0 Å². The molecule has 1 aromatic heterocycles. The molecule has 0 bridgehead atoms. The van der Waals surface area contributed by atoms with Gasteiger partial charge in [0.25, 0.3) is 0 Å². The maximum atomic E-state index is 4.24. The summed E-state index contributed by atoms with van der Waals surface area (Å²) in [5.74, 6) is 2.79. The quantitative estimate of drug-likeness (QED) is 0.900. The molecule has 3 rings (SSSR count). The lowest BCUT2D eigenvalue weighted by Crippen LogP contribution is -2.47. The number of fused-ring (bicyclic) bond motifs is 1. The molecule has 1 N–H and O–H groups in total. The molecule has 0 spiro atoms. The van der Waals surface area contributed by atoms with E-state index in [1.54, 1.807) is 0 Å². The average molecular weight is 291 g/mol. The zero-order valence-corrected chi connectivity index (χ0v) is 13.5. The van der Waals surface area contributed by atoms with E-state index < -0.39 is 0 Å². The van der Waals surface area contributed by atoms with Gasteiger partial charge in [-0.3, -0.25) is 4.90 Å². The molecule has 3 unspecified atom stereocenters. The summed E-state index contributed by atoms with van der Waals surface area (Å²) in [6.45, 7) is 10.2. The van der Waals surface area contributed by atoms with E-state index in [1.165, 1.54) is 32.2 Å². The fraction of sp³-hybridized carbons (Fsp3) is 0.875. The first kappa shape index (κ1) is 15.0. The van der Waals surface area contributed by atoms with Crippen molar-refractivity contribution in [1.82, 2.24) is 25.0 Å². The standard InChI is InChI=1S/C16H29N5/c1-3-6-17-15-5-4-13(2)9-14(15)10-20-7-8-21-12-18-19-16(21)11-20/h12-15,17H,3-11H2,1-2H3. The topological polar surface area (TPSA) is 46.0 Å². The van der Waals surface area contributed by atoms with Gasteiger partial charge in [0.2, 0.25) is 0 Å². The lowest BCUT2D eigenvalue weighted by atomic mass is 9.78. The molecular weight excluding hydrogens is 262 g/mol. The third kappa shape index (κ3) is 3.64. The van der Waals surface area contributed by atoms with Crippen molar-refractivity contribution in [3.05, 3.63) is 12.2 Å². The molecule has 1 saturated carbocycles. The Morgan fingerprint density at radius 3 is 3.10 bits per heavy atom. The fourth-order valence-electron chi connectivity index (χ4n) is 3.90. The predicted octanol–water partition coefficient (Wildman–Crippen LogP) is 1.90. The van der Waals surface area contributed by atoms with Crippen LogP contribution in [0.25, 0.3) is 0 Å². The van der Waals surface area contributed by atoms with Gasteiger partial charge in [0.15, 0.2) is 0 Å². The molecule has 0 amide bonds. The maximum Gasteiger partial charge on any atom is 0.147 e. The third-order valence-electron chi connectivity index (χ3n) is 5.11. The Bertz CT molecular complexity index is 442. The molecule has 118 valence electrons. The Morgan fingerprint density at radius 1 is 1.33 bits per heavy atom. The van der Waals surface area contributed by atoms with E-state index in [0.717, 1.165) is 43.8 Å². The number of rotatable bonds is 5. The molecule has 2 aliphatic rings. The molecule has 1 fully saturated rings. The minimum absolute atomic E-state index is 0.709. The Morgan fingerprint density at radius 2 is 2.24 bits per heavy atom. The highest BCUT2D eigenvalue weighted by Crippen LogP contribution is 2.30. The zero-order valence-electron chi connectivity index (χ0n) is 13.5. The molecule has 2 heterocycles. The van der Waals surface area contributed by atoms with Crippen LogP contribution < -0.4 is 5.32 Å². The Balaban J connectivity index is 1.58. The minimum atomic E-state index is 0.709. The molecule has 5 nitrogen and oxygen atoms in total.